The molecule has 0 radical (unpaired) electrons. The standard InChI is InChI=1S/C24H32ClF2N3O2.O2S/c1-5-19-29-20(23(31)28-13-24(32)8-6-15(4)7-9-24)22(25)30(19)21-17(26)11-16(10-14(2)3)12-18(21)27;1-3-2/h11-12,14-15,32H,5-10,13H2,1-4H3,(H,28,31);. The molecule has 11 heteroatoms. The Hall–Kier alpha value is -2.17. The van der Waals surface area contributed by atoms with E-state index >= 15 is 0 Å². The molecule has 1 aromatic carbocycles. The lowest BCUT2D eigenvalue weighted by Gasteiger charge is -2.34. The smallest absolute Gasteiger partial charge is 0.335 e. The van der Waals surface area contributed by atoms with Gasteiger partial charge < -0.3 is 10.4 Å². The molecule has 2 aromatic rings. The highest BCUT2D eigenvalue weighted by Gasteiger charge is 2.33. The first-order chi connectivity index (χ1) is 16.5. The fourth-order valence-corrected chi connectivity index (χ4v) is 4.59. The van der Waals surface area contributed by atoms with Crippen LogP contribution in [0, 0.1) is 23.5 Å². The molecule has 1 heterocycles. The van der Waals surface area contributed by atoms with Crippen LogP contribution in [0.1, 0.15) is 75.3 Å². The molecule has 1 aliphatic rings. The summed E-state index contributed by atoms with van der Waals surface area (Å²) in [6.07, 6.45) is 3.87. The van der Waals surface area contributed by atoms with Gasteiger partial charge in [-0.25, -0.2) is 13.8 Å². The third-order valence-corrected chi connectivity index (χ3v) is 6.50. The van der Waals surface area contributed by atoms with Gasteiger partial charge in [0.25, 0.3) is 5.91 Å². The molecule has 1 aliphatic carbocycles. The third-order valence-electron chi connectivity index (χ3n) is 6.15. The average molecular weight is 532 g/mol. The van der Waals surface area contributed by atoms with Crippen molar-refractivity contribution in [2.45, 2.75) is 71.8 Å². The number of aryl methyl sites for hydroxylation is 1. The van der Waals surface area contributed by atoms with Gasteiger partial charge in [-0.2, -0.15) is 8.42 Å². The Kier molecular flexibility index (Phi) is 10.5. The Morgan fingerprint density at radius 2 is 1.83 bits per heavy atom. The fraction of sp³-hybridized carbons (Fsp3) is 0.583. The van der Waals surface area contributed by atoms with Crippen LogP contribution in [0.5, 0.6) is 0 Å². The molecule has 1 fully saturated rings. The van der Waals surface area contributed by atoms with Gasteiger partial charge in [0, 0.05) is 13.0 Å². The fourth-order valence-electron chi connectivity index (χ4n) is 4.28. The van der Waals surface area contributed by atoms with Crippen LogP contribution in [0.4, 0.5) is 8.78 Å². The van der Waals surface area contributed by atoms with E-state index in [2.05, 4.69) is 17.2 Å². The summed E-state index contributed by atoms with van der Waals surface area (Å²) in [5, 5.41) is 13.3. The number of aromatic nitrogens is 2. The van der Waals surface area contributed by atoms with Crippen LogP contribution in [-0.4, -0.2) is 41.1 Å². The number of nitrogens with zero attached hydrogens (tertiary/aromatic N) is 2. The molecule has 7 nitrogen and oxygen atoms in total. The molecule has 1 saturated carbocycles. The molecule has 0 saturated heterocycles. The molecule has 0 spiro atoms. The van der Waals surface area contributed by atoms with Crippen molar-refractivity contribution < 1.29 is 27.1 Å². The Balaban J connectivity index is 0.00000137. The van der Waals surface area contributed by atoms with Crippen LogP contribution < -0.4 is 5.32 Å². The summed E-state index contributed by atoms with van der Waals surface area (Å²) in [6, 6.07) is 2.60. The summed E-state index contributed by atoms with van der Waals surface area (Å²) >= 11 is 5.67. The lowest BCUT2D eigenvalue weighted by atomic mass is 9.79. The maximum atomic E-state index is 14.9. The lowest BCUT2D eigenvalue weighted by Crippen LogP contribution is -2.45. The van der Waals surface area contributed by atoms with Crippen LogP contribution >= 0.6 is 11.6 Å². The van der Waals surface area contributed by atoms with Crippen LogP contribution in [-0.2, 0) is 24.4 Å². The van der Waals surface area contributed by atoms with Crippen LogP contribution in [0.15, 0.2) is 12.1 Å². The minimum Gasteiger partial charge on any atom is -0.388 e. The van der Waals surface area contributed by atoms with Gasteiger partial charge in [-0.3, -0.25) is 9.36 Å². The SMILES string of the molecule is CCc1nc(C(=O)NCC2(O)CCC(C)CC2)c(Cl)n1-c1c(F)cc(CC(C)C)cc1F.O=S=O. The van der Waals surface area contributed by atoms with Gasteiger partial charge >= 0.3 is 11.6 Å². The predicted molar refractivity (Wildman–Crippen MR) is 130 cm³/mol. The van der Waals surface area contributed by atoms with Gasteiger partial charge in [0.15, 0.2) is 17.3 Å². The number of aliphatic hydroxyl groups is 1. The molecule has 1 amide bonds. The molecule has 2 N–H and O–H groups in total. The Bertz CT molecular complexity index is 1060. The summed E-state index contributed by atoms with van der Waals surface area (Å²) < 4.78 is 47.6. The maximum absolute atomic E-state index is 14.9. The van der Waals surface area contributed by atoms with E-state index in [9.17, 15) is 18.7 Å². The van der Waals surface area contributed by atoms with Gasteiger partial charge in [-0.05, 0) is 61.6 Å². The van der Waals surface area contributed by atoms with Gasteiger partial charge in [0.2, 0.25) is 0 Å². The molecule has 3 rings (SSSR count). The summed E-state index contributed by atoms with van der Waals surface area (Å²) in [6.45, 7) is 7.94. The summed E-state index contributed by atoms with van der Waals surface area (Å²) in [7, 11) is 0. The van der Waals surface area contributed by atoms with E-state index < -0.39 is 34.7 Å². The number of amides is 1. The molecular formula is C24H32ClF2N3O4S. The zero-order valence-corrected chi connectivity index (χ0v) is 21.9. The van der Waals surface area contributed by atoms with E-state index in [1.54, 1.807) is 6.92 Å². The number of hydrogen-bond donors (Lipinski definition) is 2. The van der Waals surface area contributed by atoms with Crippen molar-refractivity contribution in [3.8, 4) is 5.69 Å². The van der Waals surface area contributed by atoms with Crippen molar-refractivity contribution in [2.24, 2.45) is 11.8 Å². The minimum atomic E-state index is -0.963. The summed E-state index contributed by atoms with van der Waals surface area (Å²) in [4.78, 5) is 17.1. The second-order valence-corrected chi connectivity index (χ2v) is 10.0. The first-order valence-corrected chi connectivity index (χ1v) is 12.7. The van der Waals surface area contributed by atoms with Crippen LogP contribution in [0.25, 0.3) is 5.69 Å². The molecule has 35 heavy (non-hydrogen) atoms. The van der Waals surface area contributed by atoms with Crippen molar-refractivity contribution in [3.63, 3.8) is 0 Å². The number of carbonyl (C=O) groups is 1. The molecule has 194 valence electrons. The van der Waals surface area contributed by atoms with E-state index in [0.29, 0.717) is 37.2 Å². The molecule has 0 unspecified atom stereocenters. The highest BCUT2D eigenvalue weighted by Crippen LogP contribution is 2.32. The second-order valence-electron chi connectivity index (χ2n) is 9.52. The number of carbonyl (C=O) groups excluding carboxylic acids is 1. The number of halogens is 3. The summed E-state index contributed by atoms with van der Waals surface area (Å²) in [5.74, 6) is -1.01. The van der Waals surface area contributed by atoms with E-state index in [1.165, 1.54) is 12.1 Å². The van der Waals surface area contributed by atoms with Gasteiger partial charge in [0.05, 0.1) is 5.60 Å². The Morgan fingerprint density at radius 1 is 1.29 bits per heavy atom. The van der Waals surface area contributed by atoms with Gasteiger partial charge in [-0.15, -0.1) is 0 Å². The Morgan fingerprint density at radius 3 is 2.31 bits per heavy atom. The molecule has 1 aromatic heterocycles. The third kappa shape index (κ3) is 7.41. The molecule has 0 bridgehead atoms. The zero-order chi connectivity index (χ0) is 26.3. The van der Waals surface area contributed by atoms with Crippen molar-refractivity contribution in [3.05, 3.63) is 46.0 Å². The number of benzene rings is 1. The lowest BCUT2D eigenvalue weighted by molar-refractivity contribution is -0.00543. The van der Waals surface area contributed by atoms with Crippen LogP contribution in [0.2, 0.25) is 5.15 Å². The average Bonchev–Trinajstić information content (AvgIpc) is 3.10. The molecular weight excluding hydrogens is 500 g/mol. The Labute approximate surface area is 212 Å². The summed E-state index contributed by atoms with van der Waals surface area (Å²) in [5.41, 5.74) is -0.858. The van der Waals surface area contributed by atoms with E-state index in [-0.39, 0.29) is 34.8 Å². The monoisotopic (exact) mass is 531 g/mol. The number of nitrogens with one attached hydrogen (secondary N) is 1. The molecule has 0 atom stereocenters. The second kappa shape index (κ2) is 12.7. The quantitative estimate of drug-likeness (QED) is 0.545. The van der Waals surface area contributed by atoms with Crippen molar-refractivity contribution in [1.82, 2.24) is 14.9 Å². The topological polar surface area (TPSA) is 101 Å². The van der Waals surface area contributed by atoms with Gasteiger partial charge in [0.1, 0.15) is 16.7 Å². The van der Waals surface area contributed by atoms with Crippen molar-refractivity contribution in [2.75, 3.05) is 6.54 Å². The number of rotatable bonds is 7. The highest BCUT2D eigenvalue weighted by molar-refractivity contribution is 7.51. The maximum Gasteiger partial charge on any atom is 0.335 e. The van der Waals surface area contributed by atoms with Gasteiger partial charge in [-0.1, -0.05) is 39.3 Å². The zero-order valence-electron chi connectivity index (χ0n) is 20.4. The van der Waals surface area contributed by atoms with E-state index in [0.717, 1.165) is 17.4 Å². The largest absolute Gasteiger partial charge is 0.388 e. The minimum absolute atomic E-state index is 0.0792. The van der Waals surface area contributed by atoms with Crippen molar-refractivity contribution >= 4 is 29.1 Å². The van der Waals surface area contributed by atoms with Crippen LogP contribution in [0.3, 0.4) is 0 Å². The normalized spacial score (nSPS) is 19.7. The predicted octanol–water partition coefficient (Wildman–Crippen LogP) is 4.57. The van der Waals surface area contributed by atoms with E-state index in [1.807, 2.05) is 13.8 Å². The number of imidazole rings is 1. The van der Waals surface area contributed by atoms with E-state index in [4.69, 9.17) is 20.0 Å². The molecule has 0 aliphatic heterocycles. The van der Waals surface area contributed by atoms with Crippen molar-refractivity contribution in [1.29, 1.82) is 0 Å². The first kappa shape index (κ1) is 29.1. The highest BCUT2D eigenvalue weighted by atomic mass is 35.5. The number of hydrogen-bond acceptors (Lipinski definition) is 5. The first-order valence-electron chi connectivity index (χ1n) is 11.6.